The summed E-state index contributed by atoms with van der Waals surface area (Å²) in [6.45, 7) is 2.43. The third-order valence-corrected chi connectivity index (χ3v) is 10.4. The Labute approximate surface area is 282 Å². The lowest BCUT2D eigenvalue weighted by Gasteiger charge is -2.45. The predicted octanol–water partition coefficient (Wildman–Crippen LogP) is 11.5. The van der Waals surface area contributed by atoms with Gasteiger partial charge in [0.2, 0.25) is 0 Å². The van der Waals surface area contributed by atoms with Gasteiger partial charge in [-0.15, -0.1) is 0 Å². The number of rotatable bonds is 5. The molecule has 48 heavy (non-hydrogen) atoms. The van der Waals surface area contributed by atoms with Crippen LogP contribution in [0, 0.1) is 5.41 Å². The molecule has 0 saturated carbocycles. The third-order valence-electron chi connectivity index (χ3n) is 10.4. The van der Waals surface area contributed by atoms with Crippen LogP contribution < -0.4 is 0 Å². The maximum absolute atomic E-state index is 5.29. The average Bonchev–Trinajstić information content (AvgIpc) is 3.54. The van der Waals surface area contributed by atoms with Crippen LogP contribution in [0.3, 0.4) is 0 Å². The van der Waals surface area contributed by atoms with E-state index in [0.717, 1.165) is 35.3 Å². The van der Waals surface area contributed by atoms with Gasteiger partial charge in [-0.3, -0.25) is 4.57 Å². The van der Waals surface area contributed by atoms with Gasteiger partial charge in [-0.2, -0.15) is 0 Å². The Morgan fingerprint density at radius 1 is 0.708 bits per heavy atom. The van der Waals surface area contributed by atoms with Gasteiger partial charge >= 0.3 is 0 Å². The lowest BCUT2D eigenvalue weighted by molar-refractivity contribution is 0.449. The Balaban J connectivity index is 1.27. The number of nitrogens with zero attached hydrogens (tertiary/aromatic N) is 2. The molecule has 0 saturated heterocycles. The topological polar surface area (TPSA) is 17.8 Å². The number of hydrogen-bond acceptors (Lipinski definition) is 1. The van der Waals surface area contributed by atoms with E-state index in [1.165, 1.54) is 50.2 Å². The molecule has 0 radical (unpaired) electrons. The molecule has 2 unspecified atom stereocenters. The molecule has 2 nitrogen and oxygen atoms in total. The molecule has 0 bridgehead atoms. The summed E-state index contributed by atoms with van der Waals surface area (Å²) in [5.41, 5.74) is 14.6. The Morgan fingerprint density at radius 2 is 1.40 bits per heavy atom. The van der Waals surface area contributed by atoms with Gasteiger partial charge in [0.25, 0.3) is 0 Å². The third kappa shape index (κ3) is 4.59. The van der Waals surface area contributed by atoms with Crippen LogP contribution in [0.15, 0.2) is 175 Å². The summed E-state index contributed by atoms with van der Waals surface area (Å²) < 4.78 is 2.39. The van der Waals surface area contributed by atoms with Gasteiger partial charge in [0.1, 0.15) is 5.82 Å². The van der Waals surface area contributed by atoms with Crippen molar-refractivity contribution in [2.24, 2.45) is 5.41 Å². The number of benzene rings is 5. The molecule has 3 aliphatic carbocycles. The molecule has 9 rings (SSSR count). The van der Waals surface area contributed by atoms with Crippen molar-refractivity contribution in [3.63, 3.8) is 0 Å². The molecule has 0 fully saturated rings. The highest BCUT2D eigenvalue weighted by Gasteiger charge is 2.45. The highest BCUT2D eigenvalue weighted by Crippen LogP contribution is 2.58. The second kappa shape index (κ2) is 11.5. The lowest BCUT2D eigenvalue weighted by atomic mass is 9.57. The summed E-state index contributed by atoms with van der Waals surface area (Å²) in [4.78, 5) is 5.29. The molecular weight excluding hydrogens is 581 g/mol. The Hall–Kier alpha value is -5.73. The van der Waals surface area contributed by atoms with Gasteiger partial charge < -0.3 is 0 Å². The van der Waals surface area contributed by atoms with Crippen molar-refractivity contribution in [1.82, 2.24) is 9.55 Å². The molecule has 6 aromatic rings. The molecule has 0 amide bonds. The zero-order chi connectivity index (χ0) is 32.1. The second-order valence-corrected chi connectivity index (χ2v) is 13.3. The van der Waals surface area contributed by atoms with Crippen molar-refractivity contribution in [3.8, 4) is 11.1 Å². The quantitative estimate of drug-likeness (QED) is 0.188. The van der Waals surface area contributed by atoms with Crippen LogP contribution in [0.25, 0.3) is 39.0 Å². The first kappa shape index (κ1) is 28.5. The summed E-state index contributed by atoms with van der Waals surface area (Å²) >= 11 is 0. The average molecular weight is 617 g/mol. The first-order valence-corrected chi connectivity index (χ1v) is 17.0. The first-order valence-electron chi connectivity index (χ1n) is 17.0. The number of fused-ring (bicyclic) bond motifs is 3. The lowest BCUT2D eigenvalue weighted by Crippen LogP contribution is -2.33. The van der Waals surface area contributed by atoms with E-state index in [9.17, 15) is 0 Å². The van der Waals surface area contributed by atoms with Crippen LogP contribution in [-0.4, -0.2) is 9.55 Å². The Morgan fingerprint density at radius 3 is 2.17 bits per heavy atom. The molecule has 1 heterocycles. The van der Waals surface area contributed by atoms with E-state index >= 15 is 0 Å². The fraction of sp³-hybridized carbons (Fsp3) is 0.109. The largest absolute Gasteiger partial charge is 0.296 e. The number of allylic oxidation sites excluding steroid dienone is 9. The van der Waals surface area contributed by atoms with Crippen molar-refractivity contribution < 1.29 is 0 Å². The van der Waals surface area contributed by atoms with Gasteiger partial charge in [-0.25, -0.2) is 4.98 Å². The van der Waals surface area contributed by atoms with E-state index in [1.54, 1.807) is 0 Å². The van der Waals surface area contributed by atoms with Crippen LogP contribution in [0.2, 0.25) is 0 Å². The minimum Gasteiger partial charge on any atom is -0.296 e. The van der Waals surface area contributed by atoms with Crippen molar-refractivity contribution in [3.05, 3.63) is 204 Å². The van der Waals surface area contributed by atoms with Crippen molar-refractivity contribution in [2.45, 2.75) is 25.7 Å². The van der Waals surface area contributed by atoms with Crippen molar-refractivity contribution >= 4 is 27.9 Å². The molecule has 0 aliphatic heterocycles. The van der Waals surface area contributed by atoms with Gasteiger partial charge in [0, 0.05) is 22.6 Å². The standard InChI is InChI=1S/C46H36N2/c1-46-30-29-36(45-47-41-23-13-14-24-42(41)48(45)37-19-9-4-10-20-37)31-40(46)43(34-17-7-3-8-18-34)38-21-11-12-22-39(38)44(46)35-27-25-33(26-28-35)32-15-5-2-6-16-32/h2-9,11-19,21-31,44H,10,20H2,1H3. The molecule has 2 heteroatoms. The fourth-order valence-electron chi connectivity index (χ4n) is 8.12. The van der Waals surface area contributed by atoms with Crippen LogP contribution in [-0.2, 0) is 0 Å². The number of para-hydroxylation sites is 2. The van der Waals surface area contributed by atoms with Gasteiger partial charge in [0.15, 0.2) is 0 Å². The van der Waals surface area contributed by atoms with E-state index in [0.29, 0.717) is 0 Å². The SMILES string of the molecule is CC12C=CC(c3nc4ccccc4n3C3=CC=CCC3)=CC1=C(c1ccccc1)c1ccccc1C2c1ccc(-c2ccccc2)cc1. The summed E-state index contributed by atoms with van der Waals surface area (Å²) in [5, 5.41) is 0. The van der Waals surface area contributed by atoms with E-state index in [-0.39, 0.29) is 11.3 Å². The number of hydrogen-bond donors (Lipinski definition) is 0. The fourth-order valence-corrected chi connectivity index (χ4v) is 8.12. The monoisotopic (exact) mass is 616 g/mol. The molecule has 0 N–H and O–H groups in total. The molecule has 230 valence electrons. The van der Waals surface area contributed by atoms with E-state index in [4.69, 9.17) is 4.98 Å². The minimum atomic E-state index is -0.291. The van der Waals surface area contributed by atoms with Crippen LogP contribution >= 0.6 is 0 Å². The molecule has 2 atom stereocenters. The first-order chi connectivity index (χ1) is 23.7. The van der Waals surface area contributed by atoms with Gasteiger partial charge in [0.05, 0.1) is 11.0 Å². The Bertz CT molecular complexity index is 2330. The normalized spacial score (nSPS) is 19.9. The van der Waals surface area contributed by atoms with Gasteiger partial charge in [-0.05, 0) is 81.7 Å². The zero-order valence-corrected chi connectivity index (χ0v) is 27.1. The van der Waals surface area contributed by atoms with E-state index in [1.807, 2.05) is 0 Å². The number of imidazole rings is 1. The molecular formula is C46H36N2. The molecule has 0 spiro atoms. The van der Waals surface area contributed by atoms with Crippen LogP contribution in [0.4, 0.5) is 0 Å². The molecule has 1 aromatic heterocycles. The summed E-state index contributed by atoms with van der Waals surface area (Å²) in [6.07, 6.45) is 15.9. The summed E-state index contributed by atoms with van der Waals surface area (Å²) in [6, 6.07) is 48.4. The highest BCUT2D eigenvalue weighted by molar-refractivity contribution is 5.94. The van der Waals surface area contributed by atoms with Crippen molar-refractivity contribution in [2.75, 3.05) is 0 Å². The van der Waals surface area contributed by atoms with E-state index < -0.39 is 0 Å². The van der Waals surface area contributed by atoms with Crippen LogP contribution in [0.5, 0.6) is 0 Å². The predicted molar refractivity (Wildman–Crippen MR) is 200 cm³/mol. The molecule has 3 aliphatic rings. The number of aromatic nitrogens is 2. The van der Waals surface area contributed by atoms with E-state index in [2.05, 4.69) is 181 Å². The van der Waals surface area contributed by atoms with Gasteiger partial charge in [-0.1, -0.05) is 153 Å². The van der Waals surface area contributed by atoms with Crippen LogP contribution in [0.1, 0.15) is 53.8 Å². The maximum atomic E-state index is 5.29. The summed E-state index contributed by atoms with van der Waals surface area (Å²) in [5.74, 6) is 1.14. The Kier molecular flexibility index (Phi) is 6.83. The highest BCUT2D eigenvalue weighted by atomic mass is 15.1. The smallest absolute Gasteiger partial charge is 0.145 e. The zero-order valence-electron chi connectivity index (χ0n) is 27.1. The summed E-state index contributed by atoms with van der Waals surface area (Å²) in [7, 11) is 0. The van der Waals surface area contributed by atoms with Crippen molar-refractivity contribution in [1.29, 1.82) is 0 Å². The maximum Gasteiger partial charge on any atom is 0.145 e. The molecule has 5 aromatic carbocycles. The minimum absolute atomic E-state index is 0.139. The second-order valence-electron chi connectivity index (χ2n) is 13.3.